The summed E-state index contributed by atoms with van der Waals surface area (Å²) < 4.78 is 13.6. The van der Waals surface area contributed by atoms with Crippen molar-refractivity contribution >= 4 is 5.91 Å². The number of amides is 1. The van der Waals surface area contributed by atoms with Crippen LogP contribution in [-0.4, -0.2) is 19.0 Å². The van der Waals surface area contributed by atoms with Crippen LogP contribution in [0, 0.1) is 11.2 Å². The largest absolute Gasteiger partial charge is 0.349 e. The van der Waals surface area contributed by atoms with Crippen molar-refractivity contribution in [3.63, 3.8) is 0 Å². The van der Waals surface area contributed by atoms with Crippen LogP contribution in [0.4, 0.5) is 4.39 Å². The Balaban J connectivity index is 2.06. The molecule has 0 aromatic heterocycles. The highest BCUT2D eigenvalue weighted by Gasteiger charge is 2.36. The first kappa shape index (κ1) is 13.0. The number of hydrogen-bond donors (Lipinski definition) is 2. The molecule has 3 nitrogen and oxygen atoms in total. The van der Waals surface area contributed by atoms with Crippen molar-refractivity contribution in [2.45, 2.75) is 26.3 Å². The lowest BCUT2D eigenvalue weighted by atomic mass is 9.88. The fourth-order valence-corrected chi connectivity index (χ4v) is 2.29. The maximum atomic E-state index is 13.6. The molecule has 1 aliphatic rings. The molecule has 0 bridgehead atoms. The second-order valence-corrected chi connectivity index (χ2v) is 5.20. The predicted octanol–water partition coefficient (Wildman–Crippen LogP) is 2.00. The van der Waals surface area contributed by atoms with Gasteiger partial charge in [-0.2, -0.15) is 0 Å². The normalized spacial score (nSPS) is 24.8. The SMILES string of the molecule is C[C@@H](NC(=O)C1(C)CCNC1)c1ccccc1F. The molecule has 2 rings (SSSR count). The van der Waals surface area contributed by atoms with E-state index in [9.17, 15) is 9.18 Å². The van der Waals surface area contributed by atoms with E-state index in [4.69, 9.17) is 0 Å². The molecular formula is C14H19FN2O. The van der Waals surface area contributed by atoms with Crippen molar-refractivity contribution in [3.8, 4) is 0 Å². The van der Waals surface area contributed by atoms with Gasteiger partial charge >= 0.3 is 0 Å². The summed E-state index contributed by atoms with van der Waals surface area (Å²) >= 11 is 0. The molecule has 2 N–H and O–H groups in total. The third-order valence-electron chi connectivity index (χ3n) is 3.64. The van der Waals surface area contributed by atoms with Gasteiger partial charge in [-0.3, -0.25) is 4.79 Å². The number of halogens is 1. The number of hydrogen-bond acceptors (Lipinski definition) is 2. The third-order valence-corrected chi connectivity index (χ3v) is 3.64. The highest BCUT2D eigenvalue weighted by Crippen LogP contribution is 2.26. The molecule has 1 heterocycles. The summed E-state index contributed by atoms with van der Waals surface area (Å²) in [5.41, 5.74) is 0.153. The number of carbonyl (C=O) groups excluding carboxylic acids is 1. The minimum Gasteiger partial charge on any atom is -0.349 e. The maximum Gasteiger partial charge on any atom is 0.227 e. The minimum atomic E-state index is -0.375. The summed E-state index contributed by atoms with van der Waals surface area (Å²) in [4.78, 5) is 12.2. The molecular weight excluding hydrogens is 231 g/mol. The van der Waals surface area contributed by atoms with Gasteiger partial charge in [0.1, 0.15) is 5.82 Å². The summed E-state index contributed by atoms with van der Waals surface area (Å²) in [5, 5.41) is 6.08. The van der Waals surface area contributed by atoms with Gasteiger partial charge in [0.25, 0.3) is 0 Å². The monoisotopic (exact) mass is 250 g/mol. The van der Waals surface area contributed by atoms with Crippen LogP contribution in [0.2, 0.25) is 0 Å². The van der Waals surface area contributed by atoms with Gasteiger partial charge in [-0.15, -0.1) is 0 Å². The Morgan fingerprint density at radius 1 is 1.50 bits per heavy atom. The molecule has 0 aliphatic carbocycles. The quantitative estimate of drug-likeness (QED) is 0.861. The van der Waals surface area contributed by atoms with Crippen LogP contribution in [0.15, 0.2) is 24.3 Å². The number of rotatable bonds is 3. The van der Waals surface area contributed by atoms with Crippen LogP contribution in [-0.2, 0) is 4.79 Å². The molecule has 4 heteroatoms. The molecule has 0 spiro atoms. The van der Waals surface area contributed by atoms with Crippen molar-refractivity contribution in [2.24, 2.45) is 5.41 Å². The zero-order chi connectivity index (χ0) is 13.2. The number of carbonyl (C=O) groups is 1. The standard InChI is InChI=1S/C14H19FN2O/c1-10(11-5-3-4-6-12(11)15)17-13(18)14(2)7-8-16-9-14/h3-6,10,16H,7-9H2,1-2H3,(H,17,18)/t10-,14?/m1/s1. The smallest absolute Gasteiger partial charge is 0.227 e. The molecule has 0 saturated carbocycles. The Kier molecular flexibility index (Phi) is 3.66. The Bertz CT molecular complexity index is 441. The summed E-state index contributed by atoms with van der Waals surface area (Å²) in [5.74, 6) is -0.289. The Morgan fingerprint density at radius 2 is 2.22 bits per heavy atom. The van der Waals surface area contributed by atoms with Gasteiger partial charge in [0.15, 0.2) is 0 Å². The maximum absolute atomic E-state index is 13.6. The average Bonchev–Trinajstić information content (AvgIpc) is 2.78. The van der Waals surface area contributed by atoms with E-state index in [1.807, 2.05) is 13.8 Å². The van der Waals surface area contributed by atoms with Crippen LogP contribution in [0.1, 0.15) is 31.9 Å². The highest BCUT2D eigenvalue weighted by molar-refractivity contribution is 5.83. The van der Waals surface area contributed by atoms with Gasteiger partial charge in [-0.25, -0.2) is 4.39 Å². The van der Waals surface area contributed by atoms with Crippen molar-refractivity contribution < 1.29 is 9.18 Å². The van der Waals surface area contributed by atoms with Gasteiger partial charge in [-0.1, -0.05) is 18.2 Å². The first-order valence-electron chi connectivity index (χ1n) is 6.29. The zero-order valence-electron chi connectivity index (χ0n) is 10.8. The van der Waals surface area contributed by atoms with Crippen molar-refractivity contribution in [1.82, 2.24) is 10.6 Å². The second kappa shape index (κ2) is 5.06. The highest BCUT2D eigenvalue weighted by atomic mass is 19.1. The summed E-state index contributed by atoms with van der Waals surface area (Å²) in [6.07, 6.45) is 0.822. The molecule has 1 amide bonds. The van der Waals surface area contributed by atoms with Crippen LogP contribution < -0.4 is 10.6 Å². The minimum absolute atomic E-state index is 0.0109. The lowest BCUT2D eigenvalue weighted by molar-refractivity contribution is -0.129. The molecule has 1 unspecified atom stereocenters. The number of nitrogens with one attached hydrogen (secondary N) is 2. The summed E-state index contributed by atoms with van der Waals surface area (Å²) in [7, 11) is 0. The lowest BCUT2D eigenvalue weighted by Gasteiger charge is -2.24. The molecule has 1 saturated heterocycles. The fourth-order valence-electron chi connectivity index (χ4n) is 2.29. The van der Waals surface area contributed by atoms with E-state index < -0.39 is 0 Å². The van der Waals surface area contributed by atoms with Crippen LogP contribution in [0.25, 0.3) is 0 Å². The molecule has 18 heavy (non-hydrogen) atoms. The van der Waals surface area contributed by atoms with Crippen LogP contribution >= 0.6 is 0 Å². The third kappa shape index (κ3) is 2.53. The number of benzene rings is 1. The first-order chi connectivity index (χ1) is 8.53. The molecule has 2 atom stereocenters. The molecule has 0 radical (unpaired) electrons. The molecule has 1 fully saturated rings. The Morgan fingerprint density at radius 3 is 2.83 bits per heavy atom. The van der Waals surface area contributed by atoms with E-state index in [1.165, 1.54) is 6.07 Å². The van der Waals surface area contributed by atoms with E-state index in [-0.39, 0.29) is 23.2 Å². The lowest BCUT2D eigenvalue weighted by Crippen LogP contribution is -2.41. The van der Waals surface area contributed by atoms with Gasteiger partial charge < -0.3 is 10.6 Å². The van der Waals surface area contributed by atoms with Crippen LogP contribution in [0.5, 0.6) is 0 Å². The molecule has 1 aromatic carbocycles. The summed E-state index contributed by atoms with van der Waals surface area (Å²) in [6.45, 7) is 5.29. The van der Waals surface area contributed by atoms with Gasteiger partial charge in [0, 0.05) is 12.1 Å². The molecule has 98 valence electrons. The van der Waals surface area contributed by atoms with Gasteiger partial charge in [0.2, 0.25) is 5.91 Å². The van der Waals surface area contributed by atoms with E-state index in [0.29, 0.717) is 12.1 Å². The topological polar surface area (TPSA) is 41.1 Å². The van der Waals surface area contributed by atoms with Crippen molar-refractivity contribution in [3.05, 3.63) is 35.6 Å². The van der Waals surface area contributed by atoms with E-state index in [1.54, 1.807) is 18.2 Å². The van der Waals surface area contributed by atoms with E-state index in [0.717, 1.165) is 13.0 Å². The first-order valence-corrected chi connectivity index (χ1v) is 6.29. The van der Waals surface area contributed by atoms with Crippen LogP contribution in [0.3, 0.4) is 0 Å². The Labute approximate surface area is 107 Å². The van der Waals surface area contributed by atoms with Crippen molar-refractivity contribution in [1.29, 1.82) is 0 Å². The predicted molar refractivity (Wildman–Crippen MR) is 68.6 cm³/mol. The van der Waals surface area contributed by atoms with E-state index >= 15 is 0 Å². The zero-order valence-corrected chi connectivity index (χ0v) is 10.8. The second-order valence-electron chi connectivity index (χ2n) is 5.20. The Hall–Kier alpha value is -1.42. The molecule has 1 aromatic rings. The summed E-state index contributed by atoms with van der Waals surface area (Å²) in [6, 6.07) is 6.23. The van der Waals surface area contributed by atoms with Gasteiger partial charge in [-0.05, 0) is 32.9 Å². The average molecular weight is 250 g/mol. The van der Waals surface area contributed by atoms with Crippen molar-refractivity contribution in [2.75, 3.05) is 13.1 Å². The molecule has 1 aliphatic heterocycles. The van der Waals surface area contributed by atoms with Gasteiger partial charge in [0.05, 0.1) is 11.5 Å². The fraction of sp³-hybridized carbons (Fsp3) is 0.500. The van der Waals surface area contributed by atoms with E-state index in [2.05, 4.69) is 10.6 Å².